The van der Waals surface area contributed by atoms with Crippen molar-refractivity contribution >= 4 is 21.7 Å². The first-order valence-electron chi connectivity index (χ1n) is 4.53. The van der Waals surface area contributed by atoms with Crippen LogP contribution < -0.4 is 0 Å². The lowest BCUT2D eigenvalue weighted by Crippen LogP contribution is -1.94. The van der Waals surface area contributed by atoms with Crippen molar-refractivity contribution in [3.63, 3.8) is 0 Å². The molecule has 0 aliphatic heterocycles. The molecule has 0 fully saturated rings. The van der Waals surface area contributed by atoms with Crippen molar-refractivity contribution in [2.45, 2.75) is 27.2 Å². The maximum absolute atomic E-state index is 11.1. The molecule has 0 aliphatic carbocycles. The highest BCUT2D eigenvalue weighted by Crippen LogP contribution is 2.11. The highest BCUT2D eigenvalue weighted by atomic mass is 79.9. The minimum absolute atomic E-state index is 0.192. The van der Waals surface area contributed by atoms with Gasteiger partial charge in [-0.3, -0.25) is 4.79 Å². The fraction of sp³-hybridized carbons (Fsp3) is 0.364. The first-order chi connectivity index (χ1) is 6.24. The molecule has 0 saturated heterocycles. The topological polar surface area (TPSA) is 17.1 Å². The second-order valence-corrected chi connectivity index (χ2v) is 3.20. The zero-order valence-corrected chi connectivity index (χ0v) is 9.89. The number of rotatable bonds is 2. The highest BCUT2D eigenvalue weighted by Gasteiger charge is 2.00. The lowest BCUT2D eigenvalue weighted by atomic mass is 10.1. The van der Waals surface area contributed by atoms with E-state index >= 15 is 0 Å². The third kappa shape index (κ3) is 4.23. The van der Waals surface area contributed by atoms with Crippen LogP contribution in [0.15, 0.2) is 28.7 Å². The summed E-state index contributed by atoms with van der Waals surface area (Å²) in [4.78, 5) is 11.1. The molecule has 0 N–H and O–H groups in total. The van der Waals surface area contributed by atoms with Crippen LogP contribution in [0, 0.1) is 0 Å². The number of hydrogen-bond donors (Lipinski definition) is 0. The Balaban J connectivity index is 0.000000671. The summed E-state index contributed by atoms with van der Waals surface area (Å²) in [5.41, 5.74) is 0.788. The lowest BCUT2D eigenvalue weighted by Gasteiger charge is -1.96. The molecule has 2 heteroatoms. The molecule has 0 aromatic heterocycles. The predicted octanol–water partition coefficient (Wildman–Crippen LogP) is 4.07. The molecule has 13 heavy (non-hydrogen) atoms. The Morgan fingerprint density at radius 3 is 2.08 bits per heavy atom. The Hall–Kier alpha value is -0.630. The number of Topliss-reactive ketones (excluding diaryl/α,β-unsaturated/α-hetero) is 1. The van der Waals surface area contributed by atoms with Crippen LogP contribution in [0.4, 0.5) is 0 Å². The Bertz CT molecular complexity index is 251. The van der Waals surface area contributed by atoms with Gasteiger partial charge < -0.3 is 0 Å². The molecular weight excluding hydrogens is 228 g/mol. The summed E-state index contributed by atoms with van der Waals surface area (Å²) in [5, 5.41) is 0. The van der Waals surface area contributed by atoms with Crippen molar-refractivity contribution in [3.8, 4) is 0 Å². The quantitative estimate of drug-likeness (QED) is 0.715. The molecular formula is C11H15BrO. The van der Waals surface area contributed by atoms with Crippen molar-refractivity contribution < 1.29 is 4.79 Å². The summed E-state index contributed by atoms with van der Waals surface area (Å²) >= 11 is 3.31. The van der Waals surface area contributed by atoms with E-state index in [0.29, 0.717) is 6.42 Å². The van der Waals surface area contributed by atoms with Crippen molar-refractivity contribution in [2.24, 2.45) is 0 Å². The van der Waals surface area contributed by atoms with Crippen LogP contribution in [0.1, 0.15) is 37.6 Å². The second-order valence-electron chi connectivity index (χ2n) is 2.28. The molecule has 0 amide bonds. The highest BCUT2D eigenvalue weighted by molar-refractivity contribution is 9.10. The van der Waals surface area contributed by atoms with Crippen LogP contribution in [0.2, 0.25) is 0 Å². The van der Waals surface area contributed by atoms with E-state index in [2.05, 4.69) is 15.9 Å². The molecule has 1 rings (SSSR count). The Kier molecular flexibility index (Phi) is 6.51. The maximum atomic E-state index is 11.1. The van der Waals surface area contributed by atoms with Gasteiger partial charge in [-0.2, -0.15) is 0 Å². The van der Waals surface area contributed by atoms with Crippen LogP contribution in [-0.4, -0.2) is 5.78 Å². The molecule has 1 aromatic carbocycles. The fourth-order valence-corrected chi connectivity index (χ4v) is 1.10. The van der Waals surface area contributed by atoms with Gasteiger partial charge in [0.15, 0.2) is 5.78 Å². The van der Waals surface area contributed by atoms with E-state index in [1.54, 1.807) is 0 Å². The van der Waals surface area contributed by atoms with Crippen LogP contribution in [0.5, 0.6) is 0 Å². The average molecular weight is 243 g/mol. The largest absolute Gasteiger partial charge is 0.294 e. The third-order valence-electron chi connectivity index (χ3n) is 1.49. The van der Waals surface area contributed by atoms with Gasteiger partial charge >= 0.3 is 0 Å². The lowest BCUT2D eigenvalue weighted by molar-refractivity contribution is 0.0988. The number of hydrogen-bond acceptors (Lipinski definition) is 1. The monoisotopic (exact) mass is 242 g/mol. The Labute approximate surface area is 88.3 Å². The van der Waals surface area contributed by atoms with Gasteiger partial charge in [0.2, 0.25) is 0 Å². The summed E-state index contributed by atoms with van der Waals surface area (Å²) in [6.07, 6.45) is 0.571. The number of ketones is 1. The van der Waals surface area contributed by atoms with Gasteiger partial charge in [-0.15, -0.1) is 0 Å². The third-order valence-corrected chi connectivity index (χ3v) is 2.02. The summed E-state index contributed by atoms with van der Waals surface area (Å²) in [6.45, 7) is 5.87. The first kappa shape index (κ1) is 12.4. The fourth-order valence-electron chi connectivity index (χ4n) is 0.840. The first-order valence-corrected chi connectivity index (χ1v) is 5.32. The standard InChI is InChI=1S/C9H9BrO.C2H6/c1-2-9(11)7-3-5-8(10)6-4-7;1-2/h3-6H,2H2,1H3;1-2H3. The van der Waals surface area contributed by atoms with E-state index in [1.807, 2.05) is 45.0 Å². The summed E-state index contributed by atoms with van der Waals surface area (Å²) < 4.78 is 1.00. The molecule has 1 nitrogen and oxygen atoms in total. The molecule has 0 atom stereocenters. The van der Waals surface area contributed by atoms with Crippen molar-refractivity contribution in [2.75, 3.05) is 0 Å². The zero-order valence-electron chi connectivity index (χ0n) is 8.30. The molecule has 0 radical (unpaired) electrons. The normalized spacial score (nSPS) is 8.62. The number of carbonyl (C=O) groups is 1. The summed E-state index contributed by atoms with van der Waals surface area (Å²) in [6, 6.07) is 7.41. The minimum Gasteiger partial charge on any atom is -0.294 e. The van der Waals surface area contributed by atoms with Crippen LogP contribution in [0.3, 0.4) is 0 Å². The van der Waals surface area contributed by atoms with E-state index < -0.39 is 0 Å². The van der Waals surface area contributed by atoms with Gasteiger partial charge in [-0.05, 0) is 12.1 Å². The van der Waals surface area contributed by atoms with Gasteiger partial charge in [0, 0.05) is 16.5 Å². The van der Waals surface area contributed by atoms with E-state index in [0.717, 1.165) is 10.0 Å². The van der Waals surface area contributed by atoms with Crippen molar-refractivity contribution in [1.29, 1.82) is 0 Å². The number of benzene rings is 1. The molecule has 72 valence electrons. The molecule has 0 unspecified atom stereocenters. The van der Waals surface area contributed by atoms with E-state index in [4.69, 9.17) is 0 Å². The van der Waals surface area contributed by atoms with E-state index in [-0.39, 0.29) is 5.78 Å². The number of carbonyl (C=O) groups excluding carboxylic acids is 1. The summed E-state index contributed by atoms with van der Waals surface area (Å²) in [5.74, 6) is 0.192. The Morgan fingerprint density at radius 1 is 1.23 bits per heavy atom. The minimum atomic E-state index is 0.192. The molecule has 0 spiro atoms. The number of halogens is 1. The van der Waals surface area contributed by atoms with Crippen molar-refractivity contribution in [1.82, 2.24) is 0 Å². The average Bonchev–Trinajstić information content (AvgIpc) is 2.21. The van der Waals surface area contributed by atoms with Gasteiger partial charge in [-0.1, -0.05) is 48.8 Å². The van der Waals surface area contributed by atoms with Crippen molar-refractivity contribution in [3.05, 3.63) is 34.3 Å². The molecule has 0 bridgehead atoms. The van der Waals surface area contributed by atoms with E-state index in [9.17, 15) is 4.79 Å². The van der Waals surface area contributed by atoms with Gasteiger partial charge in [0.05, 0.1) is 0 Å². The summed E-state index contributed by atoms with van der Waals surface area (Å²) in [7, 11) is 0. The maximum Gasteiger partial charge on any atom is 0.162 e. The smallest absolute Gasteiger partial charge is 0.162 e. The van der Waals surface area contributed by atoms with Crippen LogP contribution in [-0.2, 0) is 0 Å². The van der Waals surface area contributed by atoms with Gasteiger partial charge in [0.25, 0.3) is 0 Å². The molecule has 0 heterocycles. The zero-order chi connectivity index (χ0) is 10.3. The van der Waals surface area contributed by atoms with Crippen LogP contribution >= 0.6 is 15.9 Å². The molecule has 0 aliphatic rings. The van der Waals surface area contributed by atoms with Gasteiger partial charge in [-0.25, -0.2) is 0 Å². The SMILES string of the molecule is CC.CCC(=O)c1ccc(Br)cc1. The van der Waals surface area contributed by atoms with Crippen LogP contribution in [0.25, 0.3) is 0 Å². The van der Waals surface area contributed by atoms with E-state index in [1.165, 1.54) is 0 Å². The Morgan fingerprint density at radius 2 is 1.69 bits per heavy atom. The predicted molar refractivity (Wildman–Crippen MR) is 60.1 cm³/mol. The second kappa shape index (κ2) is 6.84. The molecule has 0 saturated carbocycles. The van der Waals surface area contributed by atoms with Gasteiger partial charge in [0.1, 0.15) is 0 Å². The molecule has 1 aromatic rings.